The van der Waals surface area contributed by atoms with E-state index in [-0.39, 0.29) is 20.7 Å². The summed E-state index contributed by atoms with van der Waals surface area (Å²) in [4.78, 5) is 37.2. The van der Waals surface area contributed by atoms with Crippen LogP contribution >= 0.6 is 35.6 Å². The fourth-order valence-corrected chi connectivity index (χ4v) is 4.59. The number of rotatable bonds is 5. The van der Waals surface area contributed by atoms with Gasteiger partial charge in [-0.2, -0.15) is 5.01 Å². The lowest BCUT2D eigenvalue weighted by Gasteiger charge is -2.16. The van der Waals surface area contributed by atoms with Gasteiger partial charge in [0.1, 0.15) is 11.5 Å². The fraction of sp³-hybridized carbons (Fsp3) is 0.0833. The Balaban J connectivity index is 1.50. The van der Waals surface area contributed by atoms with Crippen LogP contribution in [-0.4, -0.2) is 26.9 Å². The molecule has 2 aromatic carbocycles. The van der Waals surface area contributed by atoms with Gasteiger partial charge in [-0.25, -0.2) is 0 Å². The second kappa shape index (κ2) is 9.35. The molecule has 33 heavy (non-hydrogen) atoms. The minimum absolute atomic E-state index is 0.0135. The second-order valence-corrected chi connectivity index (χ2v) is 9.36. The van der Waals surface area contributed by atoms with Crippen molar-refractivity contribution in [2.24, 2.45) is 0 Å². The van der Waals surface area contributed by atoms with E-state index in [9.17, 15) is 14.4 Å². The maximum absolute atomic E-state index is 12.8. The van der Waals surface area contributed by atoms with Crippen molar-refractivity contribution < 1.29 is 18.8 Å². The topological polar surface area (TPSA) is 79.6 Å². The number of furan rings is 1. The highest BCUT2D eigenvalue weighted by Gasteiger charge is 2.34. The van der Waals surface area contributed by atoms with Crippen LogP contribution in [0.15, 0.2) is 63.9 Å². The summed E-state index contributed by atoms with van der Waals surface area (Å²) >= 11 is 12.5. The predicted molar refractivity (Wildman–Crippen MR) is 133 cm³/mol. The van der Waals surface area contributed by atoms with E-state index in [0.717, 1.165) is 27.9 Å². The molecule has 166 valence electrons. The average Bonchev–Trinajstić information content (AvgIpc) is 3.34. The van der Waals surface area contributed by atoms with Gasteiger partial charge >= 0.3 is 0 Å². The van der Waals surface area contributed by atoms with Crippen molar-refractivity contribution in [3.05, 3.63) is 87.0 Å². The lowest BCUT2D eigenvalue weighted by Crippen LogP contribution is -2.44. The first-order valence-corrected chi connectivity index (χ1v) is 11.4. The van der Waals surface area contributed by atoms with Crippen molar-refractivity contribution in [3.63, 3.8) is 0 Å². The van der Waals surface area contributed by atoms with Gasteiger partial charge < -0.3 is 4.42 Å². The zero-order chi connectivity index (χ0) is 23.7. The number of ketones is 1. The quantitative estimate of drug-likeness (QED) is 0.279. The van der Waals surface area contributed by atoms with Crippen LogP contribution in [0.5, 0.6) is 0 Å². The Bertz CT molecular complexity index is 1330. The molecule has 1 aliphatic heterocycles. The molecular formula is C24H17ClN2O4S2. The summed E-state index contributed by atoms with van der Waals surface area (Å²) < 4.78 is 6.02. The molecule has 6 nitrogen and oxygen atoms in total. The number of carbonyl (C=O) groups is 3. The molecule has 0 spiro atoms. The Hall–Kier alpha value is -3.20. The summed E-state index contributed by atoms with van der Waals surface area (Å²) in [7, 11) is 0. The van der Waals surface area contributed by atoms with Gasteiger partial charge in [0.25, 0.3) is 11.8 Å². The van der Waals surface area contributed by atoms with Crippen LogP contribution in [0.4, 0.5) is 0 Å². The molecule has 0 bridgehead atoms. The van der Waals surface area contributed by atoms with Crippen LogP contribution in [0.2, 0.25) is 5.02 Å². The summed E-state index contributed by atoms with van der Waals surface area (Å²) in [6.45, 7) is 3.37. The number of halogens is 1. The molecule has 4 rings (SSSR count). The predicted octanol–water partition coefficient (Wildman–Crippen LogP) is 5.66. The first kappa shape index (κ1) is 23.0. The van der Waals surface area contributed by atoms with E-state index in [2.05, 4.69) is 5.43 Å². The molecule has 3 aromatic rings. The number of Topliss-reactive ketones (excluding diaryl/α,β-unsaturated/α-hetero) is 1. The molecule has 0 radical (unpaired) electrons. The lowest BCUT2D eigenvalue weighted by atomic mass is 10.1. The number of nitrogens with one attached hydrogen (secondary N) is 1. The van der Waals surface area contributed by atoms with Gasteiger partial charge in [-0.3, -0.25) is 19.8 Å². The van der Waals surface area contributed by atoms with Gasteiger partial charge in [0, 0.05) is 17.2 Å². The highest BCUT2D eigenvalue weighted by molar-refractivity contribution is 8.26. The number of hydrogen-bond acceptors (Lipinski definition) is 6. The maximum atomic E-state index is 12.8. The van der Waals surface area contributed by atoms with Gasteiger partial charge in [0.15, 0.2) is 10.1 Å². The molecule has 0 aliphatic carbocycles. The molecule has 1 saturated heterocycles. The Kier molecular flexibility index (Phi) is 6.51. The third-order valence-corrected chi connectivity index (χ3v) is 6.47. The van der Waals surface area contributed by atoms with Crippen molar-refractivity contribution in [3.8, 4) is 11.3 Å². The Morgan fingerprint density at radius 3 is 2.52 bits per heavy atom. The number of amides is 2. The van der Waals surface area contributed by atoms with Crippen LogP contribution in [0.1, 0.15) is 39.0 Å². The third kappa shape index (κ3) is 4.93. The van der Waals surface area contributed by atoms with E-state index < -0.39 is 11.8 Å². The molecule has 1 fully saturated rings. The smallest absolute Gasteiger partial charge is 0.285 e. The summed E-state index contributed by atoms with van der Waals surface area (Å²) in [5, 5.41) is 1.31. The van der Waals surface area contributed by atoms with E-state index in [0.29, 0.717) is 22.0 Å². The molecule has 0 unspecified atom stereocenters. The molecule has 0 atom stereocenters. The first-order valence-electron chi connectivity index (χ1n) is 9.79. The lowest BCUT2D eigenvalue weighted by molar-refractivity contribution is -0.123. The van der Waals surface area contributed by atoms with Gasteiger partial charge in [-0.15, -0.1) is 0 Å². The summed E-state index contributed by atoms with van der Waals surface area (Å²) in [6, 6.07) is 15.6. The van der Waals surface area contributed by atoms with E-state index >= 15 is 0 Å². The van der Waals surface area contributed by atoms with Crippen LogP contribution in [0.25, 0.3) is 17.4 Å². The molecule has 0 saturated carbocycles. The summed E-state index contributed by atoms with van der Waals surface area (Å²) in [6.07, 6.45) is 1.57. The van der Waals surface area contributed by atoms with Crippen LogP contribution in [0.3, 0.4) is 0 Å². The highest BCUT2D eigenvalue weighted by atomic mass is 35.5. The minimum atomic E-state index is -0.535. The van der Waals surface area contributed by atoms with E-state index in [1.54, 1.807) is 60.7 Å². The number of benzene rings is 2. The number of hydrogen-bond donors (Lipinski definition) is 1. The molecule has 2 heterocycles. The van der Waals surface area contributed by atoms with Crippen molar-refractivity contribution in [2.75, 3.05) is 0 Å². The first-order chi connectivity index (χ1) is 15.7. The zero-order valence-corrected chi connectivity index (χ0v) is 19.9. The number of nitrogens with zero attached hydrogens (tertiary/aromatic N) is 1. The van der Waals surface area contributed by atoms with Crippen LogP contribution < -0.4 is 5.43 Å². The van der Waals surface area contributed by atoms with Crippen molar-refractivity contribution in [2.45, 2.75) is 13.8 Å². The zero-order valence-electron chi connectivity index (χ0n) is 17.5. The van der Waals surface area contributed by atoms with E-state index in [4.69, 9.17) is 28.2 Å². The maximum Gasteiger partial charge on any atom is 0.285 e. The van der Waals surface area contributed by atoms with Gasteiger partial charge in [-0.05, 0) is 55.9 Å². The molecule has 1 aliphatic rings. The summed E-state index contributed by atoms with van der Waals surface area (Å²) in [5.41, 5.74) is 5.09. The number of thiocarbonyl (C=S) groups is 1. The van der Waals surface area contributed by atoms with Gasteiger partial charge in [-0.1, -0.05) is 53.7 Å². The number of aryl methyl sites for hydroxylation is 1. The largest absolute Gasteiger partial charge is 0.457 e. The standard InChI is InChI=1S/C24H17ClN2O4S2/c1-13-3-9-18(19(25)11-13)22(29)26-27-23(30)21(33-24(27)32)12-17-8-10-20(31-17)16-6-4-15(5-7-16)14(2)28/h3-12H,1-2H3,(H,26,29)/b21-12+. The number of thioether (sulfide) groups is 1. The normalized spacial score (nSPS) is 14.8. The number of carbonyl (C=O) groups excluding carboxylic acids is 3. The third-order valence-electron chi connectivity index (χ3n) is 4.85. The molecule has 2 amide bonds. The molecule has 1 aromatic heterocycles. The van der Waals surface area contributed by atoms with Gasteiger partial charge in [0.2, 0.25) is 0 Å². The van der Waals surface area contributed by atoms with Crippen molar-refractivity contribution in [1.82, 2.24) is 10.4 Å². The monoisotopic (exact) mass is 496 g/mol. The van der Waals surface area contributed by atoms with Crippen LogP contribution in [0, 0.1) is 6.92 Å². The molecule has 9 heteroatoms. The Labute approximate surface area is 204 Å². The number of hydrazine groups is 1. The van der Waals surface area contributed by atoms with E-state index in [1.807, 2.05) is 6.92 Å². The SMILES string of the molecule is CC(=O)c1ccc(-c2ccc(/C=C3/SC(=S)N(NC(=O)c4ccc(C)cc4Cl)C3=O)o2)cc1. The van der Waals surface area contributed by atoms with Crippen molar-refractivity contribution in [1.29, 1.82) is 0 Å². The Morgan fingerprint density at radius 2 is 1.85 bits per heavy atom. The Morgan fingerprint density at radius 1 is 1.12 bits per heavy atom. The van der Waals surface area contributed by atoms with Gasteiger partial charge in [0.05, 0.1) is 15.5 Å². The van der Waals surface area contributed by atoms with Crippen LogP contribution in [-0.2, 0) is 4.79 Å². The fourth-order valence-electron chi connectivity index (χ4n) is 3.11. The average molecular weight is 497 g/mol. The summed E-state index contributed by atoms with van der Waals surface area (Å²) in [5.74, 6) is 0.0286. The molecular weight excluding hydrogens is 480 g/mol. The second-order valence-electron chi connectivity index (χ2n) is 7.28. The highest BCUT2D eigenvalue weighted by Crippen LogP contribution is 2.33. The van der Waals surface area contributed by atoms with Crippen molar-refractivity contribution >= 4 is 63.6 Å². The minimum Gasteiger partial charge on any atom is -0.457 e. The molecule has 1 N–H and O–H groups in total. The van der Waals surface area contributed by atoms with E-state index in [1.165, 1.54) is 6.92 Å².